The zero-order chi connectivity index (χ0) is 7.82. The molecular weight excluding hydrogens is 139 g/mol. The van der Waals surface area contributed by atoms with E-state index >= 15 is 0 Å². The summed E-state index contributed by atoms with van der Waals surface area (Å²) in [5, 5.41) is 0. The minimum Gasteiger partial charge on any atom is -0.110 e. The molecule has 0 N–H and O–H groups in total. The molecule has 0 radical (unpaired) electrons. The maximum absolute atomic E-state index is 2.45. The van der Waals surface area contributed by atoms with Crippen molar-refractivity contribution in [3.8, 4) is 0 Å². The molecule has 1 heteroatoms. The van der Waals surface area contributed by atoms with E-state index in [4.69, 9.17) is 0 Å². The second-order valence-electron chi connectivity index (χ2n) is 3.01. The smallest absolute Gasteiger partial charge is 0.0328 e. The van der Waals surface area contributed by atoms with E-state index in [1.54, 1.807) is 0 Å². The molecule has 10 heavy (non-hydrogen) atoms. The van der Waals surface area contributed by atoms with E-state index in [-0.39, 0.29) is 0 Å². The molecule has 0 heterocycles. The molecule has 0 nitrogen and oxygen atoms in total. The fourth-order valence-corrected chi connectivity index (χ4v) is 2.90. The van der Waals surface area contributed by atoms with Crippen LogP contribution in [0.3, 0.4) is 0 Å². The van der Waals surface area contributed by atoms with Gasteiger partial charge in [-0.3, -0.25) is 0 Å². The summed E-state index contributed by atoms with van der Waals surface area (Å²) in [7, 11) is 0.408. The van der Waals surface area contributed by atoms with Crippen molar-refractivity contribution >= 4 is 7.92 Å². The van der Waals surface area contributed by atoms with E-state index in [0.29, 0.717) is 7.92 Å². The summed E-state index contributed by atoms with van der Waals surface area (Å²) in [6, 6.07) is 0. The van der Waals surface area contributed by atoms with Crippen LogP contribution in [0.5, 0.6) is 0 Å². The number of hydrogen-bond donors (Lipinski definition) is 0. The average Bonchev–Trinajstić information content (AvgIpc) is 1.97. The molecule has 0 saturated heterocycles. The Hall–Kier alpha value is 0.430. The molecule has 0 aromatic carbocycles. The molecular formula is C9H21P. The van der Waals surface area contributed by atoms with Crippen molar-refractivity contribution in [2.24, 2.45) is 0 Å². The number of rotatable bonds is 6. The third-order valence-electron chi connectivity index (χ3n) is 1.79. The summed E-state index contributed by atoms with van der Waals surface area (Å²) in [5.41, 5.74) is 0. The van der Waals surface area contributed by atoms with Crippen LogP contribution >= 0.6 is 7.92 Å². The minimum absolute atomic E-state index is 0.408. The summed E-state index contributed by atoms with van der Waals surface area (Å²) < 4.78 is 0. The molecule has 0 bridgehead atoms. The summed E-state index contributed by atoms with van der Waals surface area (Å²) in [6.45, 7) is 7.01. The van der Waals surface area contributed by atoms with Gasteiger partial charge in [-0.05, 0) is 31.8 Å². The molecule has 0 aromatic rings. The highest BCUT2D eigenvalue weighted by Crippen LogP contribution is 2.32. The lowest BCUT2D eigenvalue weighted by molar-refractivity contribution is 0.869. The zero-order valence-electron chi connectivity index (χ0n) is 7.69. The molecule has 0 unspecified atom stereocenters. The van der Waals surface area contributed by atoms with Crippen LogP contribution in [0.2, 0.25) is 0 Å². The van der Waals surface area contributed by atoms with Crippen LogP contribution in [0.25, 0.3) is 0 Å². The summed E-state index contributed by atoms with van der Waals surface area (Å²) in [6.07, 6.45) is 8.66. The highest BCUT2D eigenvalue weighted by Gasteiger charge is 1.97. The van der Waals surface area contributed by atoms with Crippen molar-refractivity contribution in [3.05, 3.63) is 0 Å². The predicted molar refractivity (Wildman–Crippen MR) is 52.4 cm³/mol. The molecule has 62 valence electrons. The van der Waals surface area contributed by atoms with Gasteiger partial charge in [-0.15, -0.1) is 7.92 Å². The van der Waals surface area contributed by atoms with Gasteiger partial charge in [0.15, 0.2) is 0 Å². The largest absolute Gasteiger partial charge is 0.110 e. The van der Waals surface area contributed by atoms with E-state index in [2.05, 4.69) is 20.5 Å². The maximum atomic E-state index is 2.45. The van der Waals surface area contributed by atoms with Gasteiger partial charge in [0, 0.05) is 0 Å². The quantitative estimate of drug-likeness (QED) is 0.520. The first-order valence-electron chi connectivity index (χ1n) is 4.49. The van der Waals surface area contributed by atoms with Gasteiger partial charge in [-0.2, -0.15) is 0 Å². The second kappa shape index (κ2) is 7.54. The zero-order valence-corrected chi connectivity index (χ0v) is 8.58. The number of unbranched alkanes of at least 4 members (excludes halogenated alkanes) is 2. The minimum atomic E-state index is 0.408. The van der Waals surface area contributed by atoms with Crippen LogP contribution in [0.15, 0.2) is 0 Å². The molecule has 0 amide bonds. The molecule has 0 aromatic heterocycles. The van der Waals surface area contributed by atoms with E-state index in [1.807, 2.05) is 0 Å². The topological polar surface area (TPSA) is 0 Å². The molecule has 0 atom stereocenters. The fraction of sp³-hybridized carbons (Fsp3) is 1.00. The van der Waals surface area contributed by atoms with Crippen LogP contribution in [0.4, 0.5) is 0 Å². The molecule has 0 aliphatic carbocycles. The Morgan fingerprint density at radius 2 is 1.30 bits per heavy atom. The van der Waals surface area contributed by atoms with Crippen LogP contribution in [0, 0.1) is 0 Å². The van der Waals surface area contributed by atoms with Crippen LogP contribution in [-0.2, 0) is 0 Å². The highest BCUT2D eigenvalue weighted by molar-refractivity contribution is 7.56. The van der Waals surface area contributed by atoms with E-state index in [9.17, 15) is 0 Å². The first-order valence-corrected chi connectivity index (χ1v) is 6.65. The first-order chi connectivity index (χ1) is 4.81. The molecule has 0 fully saturated rings. The van der Waals surface area contributed by atoms with Crippen molar-refractivity contribution in [3.63, 3.8) is 0 Å². The van der Waals surface area contributed by atoms with Gasteiger partial charge in [0.2, 0.25) is 0 Å². The predicted octanol–water partition coefficient (Wildman–Crippen LogP) is 3.70. The van der Waals surface area contributed by atoms with Gasteiger partial charge < -0.3 is 0 Å². The van der Waals surface area contributed by atoms with Crippen molar-refractivity contribution in [1.82, 2.24) is 0 Å². The van der Waals surface area contributed by atoms with Crippen LogP contribution in [0.1, 0.15) is 39.5 Å². The SMILES string of the molecule is CCCCP(C)CCCC. The van der Waals surface area contributed by atoms with E-state index in [0.717, 1.165) is 0 Å². The number of hydrogen-bond acceptors (Lipinski definition) is 0. The highest BCUT2D eigenvalue weighted by atomic mass is 31.1. The maximum Gasteiger partial charge on any atom is -0.0328 e. The monoisotopic (exact) mass is 160 g/mol. The summed E-state index contributed by atoms with van der Waals surface area (Å²) in [4.78, 5) is 0. The average molecular weight is 160 g/mol. The molecule has 0 spiro atoms. The Balaban J connectivity index is 3.00. The van der Waals surface area contributed by atoms with Crippen LogP contribution < -0.4 is 0 Å². The van der Waals surface area contributed by atoms with Gasteiger partial charge in [-0.25, -0.2) is 0 Å². The summed E-state index contributed by atoms with van der Waals surface area (Å²) in [5.74, 6) is 0. The summed E-state index contributed by atoms with van der Waals surface area (Å²) >= 11 is 0. The van der Waals surface area contributed by atoms with Crippen molar-refractivity contribution in [1.29, 1.82) is 0 Å². The third-order valence-corrected chi connectivity index (χ3v) is 3.95. The van der Waals surface area contributed by atoms with Gasteiger partial charge >= 0.3 is 0 Å². The molecule has 0 rings (SSSR count). The Morgan fingerprint density at radius 3 is 1.60 bits per heavy atom. The molecule has 0 aliphatic rings. The van der Waals surface area contributed by atoms with Gasteiger partial charge in [-0.1, -0.05) is 26.7 Å². The van der Waals surface area contributed by atoms with E-state index in [1.165, 1.54) is 38.0 Å². The van der Waals surface area contributed by atoms with Crippen molar-refractivity contribution in [2.45, 2.75) is 39.5 Å². The normalized spacial score (nSPS) is 10.8. The van der Waals surface area contributed by atoms with Gasteiger partial charge in [0.1, 0.15) is 0 Å². The van der Waals surface area contributed by atoms with E-state index < -0.39 is 0 Å². The standard InChI is InChI=1S/C9H21P/c1-4-6-8-10(3)9-7-5-2/h4-9H2,1-3H3. The lowest BCUT2D eigenvalue weighted by Gasteiger charge is -2.09. The molecule has 0 saturated carbocycles. The van der Waals surface area contributed by atoms with Gasteiger partial charge in [0.25, 0.3) is 0 Å². The fourth-order valence-electron chi connectivity index (χ4n) is 0.968. The third kappa shape index (κ3) is 6.55. The molecule has 0 aliphatic heterocycles. The van der Waals surface area contributed by atoms with Gasteiger partial charge in [0.05, 0.1) is 0 Å². The first kappa shape index (κ1) is 10.4. The Labute approximate surface area is 67.2 Å². The Morgan fingerprint density at radius 1 is 0.900 bits per heavy atom. The Bertz CT molecular complexity index is 53.7. The van der Waals surface area contributed by atoms with Crippen LogP contribution in [-0.4, -0.2) is 19.0 Å². The second-order valence-corrected chi connectivity index (χ2v) is 5.62. The lowest BCUT2D eigenvalue weighted by Crippen LogP contribution is -1.87. The lowest BCUT2D eigenvalue weighted by atomic mass is 10.4. The Kier molecular flexibility index (Phi) is 7.86. The van der Waals surface area contributed by atoms with Crippen molar-refractivity contribution in [2.75, 3.05) is 19.0 Å². The van der Waals surface area contributed by atoms with Crippen molar-refractivity contribution < 1.29 is 0 Å².